The van der Waals surface area contributed by atoms with Crippen LogP contribution in [0.25, 0.3) is 16.9 Å². The van der Waals surface area contributed by atoms with Gasteiger partial charge in [-0.1, -0.05) is 13.0 Å². The van der Waals surface area contributed by atoms with E-state index in [1.807, 2.05) is 6.92 Å². The molecule has 0 fully saturated rings. The Kier molecular flexibility index (Phi) is 6.39. The molecule has 0 saturated carbocycles. The lowest BCUT2D eigenvalue weighted by Crippen LogP contribution is -2.37. The molecular formula is C24H25F2N5O4. The molecule has 3 aromatic rings. The van der Waals surface area contributed by atoms with Crippen LogP contribution in [0.4, 0.5) is 13.6 Å². The quantitative estimate of drug-likeness (QED) is 0.531. The Morgan fingerprint density at radius 1 is 1.23 bits per heavy atom. The van der Waals surface area contributed by atoms with E-state index in [4.69, 9.17) is 4.74 Å². The third-order valence-corrected chi connectivity index (χ3v) is 5.21. The molecule has 0 radical (unpaired) electrons. The van der Waals surface area contributed by atoms with Gasteiger partial charge in [-0.15, -0.1) is 0 Å². The second kappa shape index (κ2) is 9.16. The number of aliphatic hydroxyl groups excluding tert-OH is 1. The molecule has 1 aliphatic rings. The van der Waals surface area contributed by atoms with Crippen molar-refractivity contribution in [3.63, 3.8) is 0 Å². The highest BCUT2D eigenvalue weighted by molar-refractivity contribution is 6.08. The van der Waals surface area contributed by atoms with Crippen LogP contribution in [0.3, 0.4) is 0 Å². The fourth-order valence-electron chi connectivity index (χ4n) is 3.72. The molecule has 2 aromatic heterocycles. The van der Waals surface area contributed by atoms with Gasteiger partial charge in [0, 0.05) is 6.20 Å². The zero-order valence-corrected chi connectivity index (χ0v) is 19.7. The van der Waals surface area contributed by atoms with E-state index in [-0.39, 0.29) is 40.4 Å². The van der Waals surface area contributed by atoms with Crippen LogP contribution in [0.1, 0.15) is 55.7 Å². The molecule has 35 heavy (non-hydrogen) atoms. The number of nitrogens with one attached hydrogen (secondary N) is 1. The molecule has 4 rings (SSSR count). The minimum absolute atomic E-state index is 0.0453. The van der Waals surface area contributed by atoms with Crippen molar-refractivity contribution in [2.24, 2.45) is 0 Å². The maximum atomic E-state index is 14.6. The van der Waals surface area contributed by atoms with Crippen LogP contribution >= 0.6 is 0 Å². The number of hydrogen-bond donors (Lipinski definition) is 2. The van der Waals surface area contributed by atoms with Gasteiger partial charge in [-0.25, -0.2) is 28.1 Å². The van der Waals surface area contributed by atoms with Crippen LogP contribution in [-0.4, -0.2) is 48.9 Å². The number of amides is 2. The van der Waals surface area contributed by atoms with E-state index in [1.165, 1.54) is 29.1 Å². The van der Waals surface area contributed by atoms with Gasteiger partial charge in [0.05, 0.1) is 34.7 Å². The molecule has 0 aliphatic carbocycles. The van der Waals surface area contributed by atoms with Gasteiger partial charge in [-0.05, 0) is 51.6 Å². The zero-order valence-electron chi connectivity index (χ0n) is 19.7. The van der Waals surface area contributed by atoms with Crippen LogP contribution in [-0.2, 0) is 11.3 Å². The van der Waals surface area contributed by atoms with Crippen LogP contribution in [0.2, 0.25) is 0 Å². The predicted octanol–water partition coefficient (Wildman–Crippen LogP) is 3.70. The molecule has 9 nitrogen and oxygen atoms in total. The number of aromatic nitrogens is 3. The van der Waals surface area contributed by atoms with Gasteiger partial charge in [0.2, 0.25) is 0 Å². The number of ether oxygens (including phenoxy) is 1. The molecular weight excluding hydrogens is 460 g/mol. The predicted molar refractivity (Wildman–Crippen MR) is 121 cm³/mol. The summed E-state index contributed by atoms with van der Waals surface area (Å²) in [7, 11) is 0. The minimum Gasteiger partial charge on any atom is -0.443 e. The normalized spacial score (nSPS) is 14.3. The molecule has 3 heterocycles. The van der Waals surface area contributed by atoms with E-state index in [0.717, 1.165) is 17.0 Å². The highest BCUT2D eigenvalue weighted by Gasteiger charge is 2.39. The molecule has 0 saturated heterocycles. The molecule has 0 bridgehead atoms. The zero-order chi connectivity index (χ0) is 25.5. The Morgan fingerprint density at radius 2 is 1.91 bits per heavy atom. The lowest BCUT2D eigenvalue weighted by molar-refractivity contribution is 0.0247. The number of nitrogens with zero attached hydrogens (tertiary/aromatic N) is 4. The highest BCUT2D eigenvalue weighted by Crippen LogP contribution is 2.34. The van der Waals surface area contributed by atoms with Crippen molar-refractivity contribution < 1.29 is 28.2 Å². The molecule has 1 aromatic carbocycles. The first kappa shape index (κ1) is 24.4. The average Bonchev–Trinajstić information content (AvgIpc) is 3.38. The standard InChI is InChI=1S/C24H25F2N5O4/c1-5-27-21(32)15-9-10-31(29-15)18-11-16(19-13(25)7-6-8-14(19)26)28-17-12-30(22(33)20(17)18)23(34)35-24(2,3)4/h6-11,21,27,32H,5,12H2,1-4H3. The Balaban J connectivity index is 1.86. The number of carbonyl (C=O) groups excluding carboxylic acids is 2. The molecule has 1 unspecified atom stereocenters. The number of pyridine rings is 1. The number of carbonyl (C=O) groups is 2. The van der Waals surface area contributed by atoms with Gasteiger partial charge < -0.3 is 9.84 Å². The van der Waals surface area contributed by atoms with Crippen molar-refractivity contribution in [3.8, 4) is 16.9 Å². The van der Waals surface area contributed by atoms with Gasteiger partial charge in [-0.2, -0.15) is 5.10 Å². The van der Waals surface area contributed by atoms with Crippen LogP contribution < -0.4 is 5.32 Å². The average molecular weight is 485 g/mol. The summed E-state index contributed by atoms with van der Waals surface area (Å²) in [6, 6.07) is 6.30. The van der Waals surface area contributed by atoms with Crippen molar-refractivity contribution in [2.75, 3.05) is 6.54 Å². The molecule has 11 heteroatoms. The minimum atomic E-state index is -1.06. The van der Waals surface area contributed by atoms with Crippen molar-refractivity contribution in [3.05, 3.63) is 65.1 Å². The molecule has 0 spiro atoms. The summed E-state index contributed by atoms with van der Waals surface area (Å²) in [6.07, 6.45) is -0.432. The smallest absolute Gasteiger partial charge is 0.417 e. The van der Waals surface area contributed by atoms with Gasteiger partial charge in [0.25, 0.3) is 5.91 Å². The Hall–Kier alpha value is -3.70. The van der Waals surface area contributed by atoms with E-state index in [2.05, 4.69) is 15.4 Å². The summed E-state index contributed by atoms with van der Waals surface area (Å²) >= 11 is 0. The number of imide groups is 1. The van der Waals surface area contributed by atoms with Crippen LogP contribution in [0.5, 0.6) is 0 Å². The topological polar surface area (TPSA) is 110 Å². The summed E-state index contributed by atoms with van der Waals surface area (Å²) < 4.78 is 35.8. The summed E-state index contributed by atoms with van der Waals surface area (Å²) in [5.74, 6) is -2.34. The van der Waals surface area contributed by atoms with E-state index in [0.29, 0.717) is 6.54 Å². The van der Waals surface area contributed by atoms with Gasteiger partial charge in [0.15, 0.2) is 0 Å². The third-order valence-electron chi connectivity index (χ3n) is 5.21. The lowest BCUT2D eigenvalue weighted by atomic mass is 10.1. The monoisotopic (exact) mass is 485 g/mol. The van der Waals surface area contributed by atoms with Gasteiger partial charge >= 0.3 is 6.09 Å². The molecule has 1 aliphatic heterocycles. The Labute approximate surface area is 200 Å². The number of fused-ring (bicyclic) bond motifs is 1. The summed E-state index contributed by atoms with van der Waals surface area (Å²) in [6.45, 7) is 7.06. The number of benzene rings is 1. The van der Waals surface area contributed by atoms with Crippen LogP contribution in [0, 0.1) is 11.6 Å². The highest BCUT2D eigenvalue weighted by atomic mass is 19.1. The molecule has 2 amide bonds. The van der Waals surface area contributed by atoms with Gasteiger partial charge in [0.1, 0.15) is 29.2 Å². The van der Waals surface area contributed by atoms with Crippen LogP contribution in [0.15, 0.2) is 36.5 Å². The molecule has 1 atom stereocenters. The van der Waals surface area contributed by atoms with E-state index >= 15 is 0 Å². The number of aliphatic hydroxyl groups is 1. The summed E-state index contributed by atoms with van der Waals surface area (Å²) in [5.41, 5.74) is -0.686. The molecule has 184 valence electrons. The number of hydrogen-bond acceptors (Lipinski definition) is 7. The van der Waals surface area contributed by atoms with Gasteiger partial charge in [-0.3, -0.25) is 10.1 Å². The second-order valence-corrected chi connectivity index (χ2v) is 8.96. The van der Waals surface area contributed by atoms with Crippen molar-refractivity contribution in [2.45, 2.75) is 46.1 Å². The molecule has 2 N–H and O–H groups in total. The largest absolute Gasteiger partial charge is 0.443 e. The third kappa shape index (κ3) is 4.77. The Morgan fingerprint density at radius 3 is 2.54 bits per heavy atom. The first-order valence-electron chi connectivity index (χ1n) is 11.0. The number of rotatable bonds is 5. The van der Waals surface area contributed by atoms with E-state index in [1.54, 1.807) is 20.8 Å². The second-order valence-electron chi connectivity index (χ2n) is 8.96. The maximum absolute atomic E-state index is 14.6. The maximum Gasteiger partial charge on any atom is 0.417 e. The lowest BCUT2D eigenvalue weighted by Gasteiger charge is -2.23. The summed E-state index contributed by atoms with van der Waals surface area (Å²) in [5, 5.41) is 17.4. The number of halogens is 2. The first-order valence-corrected chi connectivity index (χ1v) is 11.0. The SMILES string of the molecule is CCNC(O)c1ccn(-c2cc(-c3c(F)cccc3F)nc3c2C(=O)N(C(=O)OC(C)(C)C)C3)n1. The summed E-state index contributed by atoms with van der Waals surface area (Å²) in [4.78, 5) is 31.2. The first-order chi connectivity index (χ1) is 16.5. The fourth-order valence-corrected chi connectivity index (χ4v) is 3.72. The van der Waals surface area contributed by atoms with Crippen molar-refractivity contribution in [1.82, 2.24) is 25.0 Å². The van der Waals surface area contributed by atoms with Crippen molar-refractivity contribution in [1.29, 1.82) is 0 Å². The van der Waals surface area contributed by atoms with E-state index < -0.39 is 35.5 Å². The Bertz CT molecular complexity index is 1280. The van der Waals surface area contributed by atoms with Crippen molar-refractivity contribution >= 4 is 12.0 Å². The van der Waals surface area contributed by atoms with E-state index in [9.17, 15) is 23.5 Å². The fraction of sp³-hybridized carbons (Fsp3) is 0.333.